The second kappa shape index (κ2) is 6.69. The third-order valence-corrected chi connectivity index (χ3v) is 3.58. The minimum Gasteiger partial charge on any atom is -0.492 e. The standard InChI is InChI=1S/C15H18FN3O2/c16-12-1-3-13(4-2-12)21-10-8-19-7-9-20-11-15(19)14-5-6-17-18-14/h1-6,15H,7-11H2,(H,17,18). The van der Waals surface area contributed by atoms with Crippen molar-refractivity contribution in [3.8, 4) is 5.75 Å². The predicted octanol–water partition coefficient (Wildman–Crippen LogP) is 2.00. The summed E-state index contributed by atoms with van der Waals surface area (Å²) in [4.78, 5) is 2.31. The zero-order valence-corrected chi connectivity index (χ0v) is 11.7. The Labute approximate surface area is 122 Å². The number of nitrogens with zero attached hydrogens (tertiary/aromatic N) is 2. The van der Waals surface area contributed by atoms with Gasteiger partial charge in [-0.3, -0.25) is 10.00 Å². The molecule has 1 aliphatic rings. The molecule has 1 N–H and O–H groups in total. The molecule has 1 saturated heterocycles. The van der Waals surface area contributed by atoms with Crippen LogP contribution in [0.1, 0.15) is 11.7 Å². The van der Waals surface area contributed by atoms with Gasteiger partial charge in [0.2, 0.25) is 0 Å². The summed E-state index contributed by atoms with van der Waals surface area (Å²) in [6.07, 6.45) is 1.75. The topological polar surface area (TPSA) is 50.4 Å². The van der Waals surface area contributed by atoms with Gasteiger partial charge < -0.3 is 9.47 Å². The van der Waals surface area contributed by atoms with Crippen LogP contribution >= 0.6 is 0 Å². The maximum absolute atomic E-state index is 12.8. The lowest BCUT2D eigenvalue weighted by atomic mass is 10.1. The highest BCUT2D eigenvalue weighted by molar-refractivity contribution is 5.22. The molecule has 2 aromatic rings. The first-order chi connectivity index (χ1) is 10.3. The van der Waals surface area contributed by atoms with Crippen LogP contribution in [0.3, 0.4) is 0 Å². The van der Waals surface area contributed by atoms with E-state index >= 15 is 0 Å². The van der Waals surface area contributed by atoms with E-state index in [1.807, 2.05) is 6.07 Å². The van der Waals surface area contributed by atoms with Crippen molar-refractivity contribution in [3.05, 3.63) is 48.0 Å². The molecule has 5 nitrogen and oxygen atoms in total. The predicted molar refractivity (Wildman–Crippen MR) is 75.6 cm³/mol. The number of ether oxygens (including phenoxy) is 2. The van der Waals surface area contributed by atoms with Gasteiger partial charge in [-0.2, -0.15) is 5.10 Å². The van der Waals surface area contributed by atoms with Crippen molar-refractivity contribution in [1.82, 2.24) is 15.1 Å². The van der Waals surface area contributed by atoms with Crippen molar-refractivity contribution < 1.29 is 13.9 Å². The zero-order valence-electron chi connectivity index (χ0n) is 11.7. The molecule has 1 fully saturated rings. The van der Waals surface area contributed by atoms with Gasteiger partial charge in [0.15, 0.2) is 0 Å². The second-order valence-corrected chi connectivity index (χ2v) is 4.94. The Bertz CT molecular complexity index is 545. The molecule has 1 atom stereocenters. The molecule has 0 bridgehead atoms. The van der Waals surface area contributed by atoms with Crippen LogP contribution in [0.25, 0.3) is 0 Å². The van der Waals surface area contributed by atoms with E-state index in [1.54, 1.807) is 18.3 Å². The molecule has 112 valence electrons. The van der Waals surface area contributed by atoms with Crippen molar-refractivity contribution in [2.45, 2.75) is 6.04 Å². The summed E-state index contributed by atoms with van der Waals surface area (Å²) >= 11 is 0. The monoisotopic (exact) mass is 291 g/mol. The number of benzene rings is 1. The SMILES string of the molecule is Fc1ccc(OCCN2CCOCC2c2ccn[nH]2)cc1. The number of H-pyrrole nitrogens is 1. The Morgan fingerprint density at radius 3 is 2.95 bits per heavy atom. The lowest BCUT2D eigenvalue weighted by Crippen LogP contribution is -2.41. The van der Waals surface area contributed by atoms with Gasteiger partial charge in [-0.15, -0.1) is 0 Å². The smallest absolute Gasteiger partial charge is 0.123 e. The second-order valence-electron chi connectivity index (χ2n) is 4.94. The quantitative estimate of drug-likeness (QED) is 0.915. The highest BCUT2D eigenvalue weighted by Crippen LogP contribution is 2.22. The number of hydrogen-bond acceptors (Lipinski definition) is 4. The van der Waals surface area contributed by atoms with Gasteiger partial charge in [0, 0.05) is 19.3 Å². The van der Waals surface area contributed by atoms with E-state index in [0.29, 0.717) is 19.0 Å². The first kappa shape index (κ1) is 14.0. The molecule has 0 amide bonds. The number of hydrogen-bond donors (Lipinski definition) is 1. The number of nitrogens with one attached hydrogen (secondary N) is 1. The molecule has 1 aliphatic heterocycles. The van der Waals surface area contributed by atoms with E-state index in [0.717, 1.165) is 25.4 Å². The lowest BCUT2D eigenvalue weighted by Gasteiger charge is -2.34. The first-order valence-electron chi connectivity index (χ1n) is 7.02. The van der Waals surface area contributed by atoms with Gasteiger partial charge in [0.05, 0.1) is 24.9 Å². The Morgan fingerprint density at radius 2 is 2.19 bits per heavy atom. The minimum atomic E-state index is -0.255. The fraction of sp³-hybridized carbons (Fsp3) is 0.400. The normalized spacial score (nSPS) is 19.6. The van der Waals surface area contributed by atoms with E-state index in [9.17, 15) is 4.39 Å². The molecule has 1 aromatic heterocycles. The molecular formula is C15H18FN3O2. The Balaban J connectivity index is 1.54. The highest BCUT2D eigenvalue weighted by atomic mass is 19.1. The third-order valence-electron chi connectivity index (χ3n) is 3.58. The maximum Gasteiger partial charge on any atom is 0.123 e. The lowest BCUT2D eigenvalue weighted by molar-refractivity contribution is -0.0147. The Hall–Kier alpha value is -1.92. The van der Waals surface area contributed by atoms with Crippen molar-refractivity contribution in [3.63, 3.8) is 0 Å². The van der Waals surface area contributed by atoms with E-state index in [1.165, 1.54) is 12.1 Å². The van der Waals surface area contributed by atoms with Crippen molar-refractivity contribution in [2.75, 3.05) is 32.9 Å². The molecule has 0 saturated carbocycles. The highest BCUT2D eigenvalue weighted by Gasteiger charge is 2.25. The first-order valence-corrected chi connectivity index (χ1v) is 7.02. The molecule has 6 heteroatoms. The van der Waals surface area contributed by atoms with Crippen molar-refractivity contribution in [1.29, 1.82) is 0 Å². The molecule has 0 aliphatic carbocycles. The summed E-state index contributed by atoms with van der Waals surface area (Å²) < 4.78 is 24.0. The van der Waals surface area contributed by atoms with Crippen LogP contribution in [0, 0.1) is 5.82 Å². The molecule has 3 rings (SSSR count). The Morgan fingerprint density at radius 1 is 1.33 bits per heavy atom. The van der Waals surface area contributed by atoms with Crippen molar-refractivity contribution in [2.24, 2.45) is 0 Å². The van der Waals surface area contributed by atoms with Crippen LogP contribution in [-0.2, 0) is 4.74 Å². The average Bonchev–Trinajstić information content (AvgIpc) is 3.04. The van der Waals surface area contributed by atoms with Gasteiger partial charge in [0.25, 0.3) is 0 Å². The number of aromatic amines is 1. The number of aromatic nitrogens is 2. The Kier molecular flexibility index (Phi) is 4.47. The van der Waals surface area contributed by atoms with Gasteiger partial charge in [-0.05, 0) is 30.3 Å². The molecule has 0 spiro atoms. The van der Waals surface area contributed by atoms with E-state index < -0.39 is 0 Å². The summed E-state index contributed by atoms with van der Waals surface area (Å²) in [7, 11) is 0. The minimum absolute atomic E-state index is 0.179. The summed E-state index contributed by atoms with van der Waals surface area (Å²) in [5.41, 5.74) is 1.05. The van der Waals surface area contributed by atoms with E-state index in [4.69, 9.17) is 9.47 Å². The third kappa shape index (κ3) is 3.59. The molecule has 0 radical (unpaired) electrons. The average molecular weight is 291 g/mol. The molecule has 1 aromatic carbocycles. The van der Waals surface area contributed by atoms with Gasteiger partial charge in [-0.1, -0.05) is 0 Å². The van der Waals surface area contributed by atoms with Crippen LogP contribution in [0.5, 0.6) is 5.75 Å². The van der Waals surface area contributed by atoms with Gasteiger partial charge >= 0.3 is 0 Å². The zero-order chi connectivity index (χ0) is 14.5. The van der Waals surface area contributed by atoms with Crippen LogP contribution in [-0.4, -0.2) is 48.0 Å². The van der Waals surface area contributed by atoms with Crippen LogP contribution < -0.4 is 4.74 Å². The maximum atomic E-state index is 12.8. The van der Waals surface area contributed by atoms with E-state index in [-0.39, 0.29) is 11.9 Å². The summed E-state index contributed by atoms with van der Waals surface area (Å²) in [6.45, 7) is 3.57. The van der Waals surface area contributed by atoms with E-state index in [2.05, 4.69) is 15.1 Å². The fourth-order valence-corrected chi connectivity index (χ4v) is 2.46. The summed E-state index contributed by atoms with van der Waals surface area (Å²) in [5, 5.41) is 6.99. The van der Waals surface area contributed by atoms with Crippen molar-refractivity contribution >= 4 is 0 Å². The number of rotatable bonds is 5. The molecule has 21 heavy (non-hydrogen) atoms. The van der Waals surface area contributed by atoms with Crippen LogP contribution in [0.2, 0.25) is 0 Å². The summed E-state index contributed by atoms with van der Waals surface area (Å²) in [6, 6.07) is 8.22. The number of halogens is 1. The van der Waals surface area contributed by atoms with Crippen LogP contribution in [0.4, 0.5) is 4.39 Å². The number of morpholine rings is 1. The summed E-state index contributed by atoms with van der Waals surface area (Å²) in [5.74, 6) is 0.428. The largest absolute Gasteiger partial charge is 0.492 e. The van der Waals surface area contributed by atoms with Crippen LogP contribution in [0.15, 0.2) is 36.5 Å². The van der Waals surface area contributed by atoms with Gasteiger partial charge in [0.1, 0.15) is 18.2 Å². The fourth-order valence-electron chi connectivity index (χ4n) is 2.46. The molecule has 1 unspecified atom stereocenters. The van der Waals surface area contributed by atoms with Gasteiger partial charge in [-0.25, -0.2) is 4.39 Å². The molecule has 2 heterocycles. The molecular weight excluding hydrogens is 273 g/mol.